The summed E-state index contributed by atoms with van der Waals surface area (Å²) in [5.41, 5.74) is 6.16. The van der Waals surface area contributed by atoms with E-state index >= 15 is 0 Å². The summed E-state index contributed by atoms with van der Waals surface area (Å²) < 4.78 is 0. The van der Waals surface area contributed by atoms with Crippen molar-refractivity contribution in [2.45, 2.75) is 59.4 Å². The maximum absolute atomic E-state index is 6.16. The molecule has 0 rings (SSSR count). The van der Waals surface area contributed by atoms with Crippen LogP contribution in [-0.4, -0.2) is 30.6 Å². The molecule has 0 saturated heterocycles. The van der Waals surface area contributed by atoms with Crippen molar-refractivity contribution in [3.05, 3.63) is 0 Å². The molecule has 0 aliphatic heterocycles. The Hall–Kier alpha value is -0.0800. The van der Waals surface area contributed by atoms with E-state index in [-0.39, 0.29) is 0 Å². The van der Waals surface area contributed by atoms with E-state index in [1.165, 1.54) is 19.3 Å². The highest BCUT2D eigenvalue weighted by Gasteiger charge is 2.11. The van der Waals surface area contributed by atoms with E-state index in [1.807, 2.05) is 0 Å². The molecule has 2 N–H and O–H groups in total. The van der Waals surface area contributed by atoms with Crippen LogP contribution in [0.2, 0.25) is 0 Å². The van der Waals surface area contributed by atoms with E-state index in [0.29, 0.717) is 6.04 Å². The van der Waals surface area contributed by atoms with Gasteiger partial charge in [0, 0.05) is 6.04 Å². The van der Waals surface area contributed by atoms with Gasteiger partial charge in [-0.05, 0) is 38.4 Å². The van der Waals surface area contributed by atoms with Gasteiger partial charge >= 0.3 is 0 Å². The molecule has 15 heavy (non-hydrogen) atoms. The van der Waals surface area contributed by atoms with E-state index in [4.69, 9.17) is 5.73 Å². The second-order valence-corrected chi connectivity index (χ2v) is 4.49. The molecular formula is C13H30N2. The topological polar surface area (TPSA) is 29.3 Å². The summed E-state index contributed by atoms with van der Waals surface area (Å²) >= 11 is 0. The zero-order valence-corrected chi connectivity index (χ0v) is 11.1. The molecule has 2 heteroatoms. The fourth-order valence-corrected chi connectivity index (χ4v) is 2.06. The van der Waals surface area contributed by atoms with Crippen LogP contribution in [0.4, 0.5) is 0 Å². The molecule has 0 spiro atoms. The van der Waals surface area contributed by atoms with Gasteiger partial charge in [-0.1, -0.05) is 40.5 Å². The molecule has 92 valence electrons. The van der Waals surface area contributed by atoms with Crippen LogP contribution in [0, 0.1) is 5.92 Å². The van der Waals surface area contributed by atoms with Crippen molar-refractivity contribution in [3.8, 4) is 0 Å². The van der Waals surface area contributed by atoms with Crippen LogP contribution in [0.15, 0.2) is 0 Å². The Bertz CT molecular complexity index is 128. The van der Waals surface area contributed by atoms with E-state index in [2.05, 4.69) is 32.6 Å². The summed E-state index contributed by atoms with van der Waals surface area (Å²) in [6, 6.07) is 0.399. The maximum Gasteiger partial charge on any atom is 0.00536 e. The molecule has 0 amide bonds. The van der Waals surface area contributed by atoms with Gasteiger partial charge in [0.05, 0.1) is 0 Å². The Balaban J connectivity index is 3.67. The molecule has 0 aromatic rings. The van der Waals surface area contributed by atoms with Crippen LogP contribution in [0.25, 0.3) is 0 Å². The van der Waals surface area contributed by atoms with Crippen molar-refractivity contribution in [2.24, 2.45) is 11.7 Å². The van der Waals surface area contributed by atoms with Crippen molar-refractivity contribution in [1.29, 1.82) is 0 Å². The number of hydrogen-bond donors (Lipinski definition) is 1. The highest BCUT2D eigenvalue weighted by Crippen LogP contribution is 2.15. The van der Waals surface area contributed by atoms with Gasteiger partial charge in [0.15, 0.2) is 0 Å². The second-order valence-electron chi connectivity index (χ2n) is 4.49. The normalized spacial score (nSPS) is 13.8. The first-order valence-corrected chi connectivity index (χ1v) is 6.65. The molecule has 1 atom stereocenters. The lowest BCUT2D eigenvalue weighted by atomic mass is 9.94. The first kappa shape index (κ1) is 14.9. The minimum Gasteiger partial charge on any atom is -0.328 e. The van der Waals surface area contributed by atoms with Gasteiger partial charge in [-0.15, -0.1) is 0 Å². The van der Waals surface area contributed by atoms with Crippen LogP contribution in [-0.2, 0) is 0 Å². The summed E-state index contributed by atoms with van der Waals surface area (Å²) in [5, 5.41) is 0. The number of hydrogen-bond acceptors (Lipinski definition) is 2. The minimum absolute atomic E-state index is 0.399. The lowest BCUT2D eigenvalue weighted by molar-refractivity contribution is 0.278. The van der Waals surface area contributed by atoms with Gasteiger partial charge in [-0.3, -0.25) is 0 Å². The predicted molar refractivity (Wildman–Crippen MR) is 69.1 cm³/mol. The van der Waals surface area contributed by atoms with Gasteiger partial charge in [0.2, 0.25) is 0 Å². The third-order valence-electron chi connectivity index (χ3n) is 3.50. The highest BCUT2D eigenvalue weighted by molar-refractivity contribution is 4.69. The monoisotopic (exact) mass is 214 g/mol. The summed E-state index contributed by atoms with van der Waals surface area (Å²) in [7, 11) is 0. The van der Waals surface area contributed by atoms with Gasteiger partial charge in [-0.25, -0.2) is 0 Å². The van der Waals surface area contributed by atoms with E-state index in [9.17, 15) is 0 Å². The predicted octanol–water partition coefficient (Wildman–Crippen LogP) is 2.87. The average molecular weight is 214 g/mol. The summed E-state index contributed by atoms with van der Waals surface area (Å²) in [6.45, 7) is 12.4. The first-order chi connectivity index (χ1) is 7.17. The molecule has 0 heterocycles. The maximum atomic E-state index is 6.16. The van der Waals surface area contributed by atoms with Crippen LogP contribution in [0.3, 0.4) is 0 Å². The third-order valence-corrected chi connectivity index (χ3v) is 3.50. The van der Waals surface area contributed by atoms with Gasteiger partial charge < -0.3 is 10.6 Å². The molecule has 0 saturated carbocycles. The van der Waals surface area contributed by atoms with Gasteiger partial charge in [0.25, 0.3) is 0 Å². The first-order valence-electron chi connectivity index (χ1n) is 6.65. The van der Waals surface area contributed by atoms with Crippen LogP contribution in [0.1, 0.15) is 53.4 Å². The number of nitrogens with two attached hydrogens (primary N) is 1. The zero-order chi connectivity index (χ0) is 11.7. The van der Waals surface area contributed by atoms with Crippen LogP contribution in [0.5, 0.6) is 0 Å². The standard InChI is InChI=1S/C13H30N2/c1-5-12(6-2)11-13(14)9-10-15(7-3)8-4/h12-13H,5-11,14H2,1-4H3. The Labute approximate surface area is 96.2 Å². The van der Waals surface area contributed by atoms with Crippen molar-refractivity contribution in [2.75, 3.05) is 19.6 Å². The fourth-order valence-electron chi connectivity index (χ4n) is 2.06. The van der Waals surface area contributed by atoms with Crippen LogP contribution < -0.4 is 5.73 Å². The largest absolute Gasteiger partial charge is 0.328 e. The van der Waals surface area contributed by atoms with Crippen molar-refractivity contribution in [3.63, 3.8) is 0 Å². The summed E-state index contributed by atoms with van der Waals surface area (Å²) in [5.74, 6) is 0.830. The Kier molecular flexibility index (Phi) is 9.12. The fraction of sp³-hybridized carbons (Fsp3) is 1.00. The third kappa shape index (κ3) is 6.91. The van der Waals surface area contributed by atoms with E-state index in [1.54, 1.807) is 0 Å². The lowest BCUT2D eigenvalue weighted by Gasteiger charge is -2.22. The van der Waals surface area contributed by atoms with Crippen molar-refractivity contribution >= 4 is 0 Å². The Morgan fingerprint density at radius 3 is 1.93 bits per heavy atom. The molecule has 0 aliphatic rings. The zero-order valence-electron chi connectivity index (χ0n) is 11.1. The minimum atomic E-state index is 0.399. The SMILES string of the molecule is CCC(CC)CC(N)CCN(CC)CC. The molecule has 0 bridgehead atoms. The number of nitrogens with zero attached hydrogens (tertiary/aromatic N) is 1. The van der Waals surface area contributed by atoms with Crippen molar-refractivity contribution < 1.29 is 0 Å². The quantitative estimate of drug-likeness (QED) is 0.639. The molecule has 1 unspecified atom stereocenters. The van der Waals surface area contributed by atoms with Gasteiger partial charge in [0.1, 0.15) is 0 Å². The molecule has 0 fully saturated rings. The smallest absolute Gasteiger partial charge is 0.00536 e. The molecule has 2 nitrogen and oxygen atoms in total. The Morgan fingerprint density at radius 2 is 1.53 bits per heavy atom. The highest BCUT2D eigenvalue weighted by atomic mass is 15.1. The van der Waals surface area contributed by atoms with Gasteiger partial charge in [-0.2, -0.15) is 0 Å². The number of rotatable bonds is 9. The molecule has 0 aliphatic carbocycles. The Morgan fingerprint density at radius 1 is 1.00 bits per heavy atom. The van der Waals surface area contributed by atoms with E-state index < -0.39 is 0 Å². The molecule has 0 aromatic heterocycles. The lowest BCUT2D eigenvalue weighted by Crippen LogP contribution is -2.31. The molecule has 0 radical (unpaired) electrons. The van der Waals surface area contributed by atoms with Crippen molar-refractivity contribution in [1.82, 2.24) is 4.90 Å². The van der Waals surface area contributed by atoms with E-state index in [0.717, 1.165) is 32.0 Å². The summed E-state index contributed by atoms with van der Waals surface area (Å²) in [6.07, 6.45) is 4.90. The summed E-state index contributed by atoms with van der Waals surface area (Å²) in [4.78, 5) is 2.45. The molecule has 0 aromatic carbocycles. The molecular weight excluding hydrogens is 184 g/mol. The average Bonchev–Trinajstić information content (AvgIpc) is 2.27. The second kappa shape index (κ2) is 9.17. The van der Waals surface area contributed by atoms with Crippen LogP contribution >= 0.6 is 0 Å².